The van der Waals surface area contributed by atoms with Gasteiger partial charge in [-0.3, -0.25) is 0 Å². The van der Waals surface area contributed by atoms with Gasteiger partial charge in [0.25, 0.3) is 0 Å². The zero-order chi connectivity index (χ0) is 20.1. The molecule has 1 aliphatic rings. The summed E-state index contributed by atoms with van der Waals surface area (Å²) in [6, 6.07) is 7.64. The maximum Gasteiger partial charge on any atom is 0.151 e. The topological polar surface area (TPSA) is 70.0 Å². The highest BCUT2D eigenvalue weighted by atomic mass is 19.1. The fourth-order valence-electron chi connectivity index (χ4n) is 4.51. The van der Waals surface area contributed by atoms with Crippen molar-refractivity contribution >= 4 is 22.1 Å². The number of pyridine rings is 1. The normalized spacial score (nSPS) is 16.3. The molecule has 5 rings (SSSR count). The van der Waals surface area contributed by atoms with Gasteiger partial charge in [-0.05, 0) is 69.7 Å². The van der Waals surface area contributed by atoms with Crippen molar-refractivity contribution in [3.05, 3.63) is 47.8 Å². The van der Waals surface area contributed by atoms with E-state index in [4.69, 9.17) is 0 Å². The number of piperidine rings is 1. The third kappa shape index (κ3) is 3.01. The average Bonchev–Trinajstić information content (AvgIpc) is 3.29. The Hall–Kier alpha value is -2.77. The van der Waals surface area contributed by atoms with Gasteiger partial charge >= 0.3 is 0 Å². The molecule has 1 fully saturated rings. The lowest BCUT2D eigenvalue weighted by atomic mass is 10.0. The van der Waals surface area contributed by atoms with Gasteiger partial charge in [0.1, 0.15) is 17.0 Å². The minimum absolute atomic E-state index is 0.111. The number of hydrogen-bond acceptors (Lipinski definition) is 4. The summed E-state index contributed by atoms with van der Waals surface area (Å²) in [6.45, 7) is 3.92. The third-order valence-electron chi connectivity index (χ3n) is 6.05. The molecule has 0 amide bonds. The first-order valence-corrected chi connectivity index (χ1v) is 10.00. The van der Waals surface area contributed by atoms with Crippen molar-refractivity contribution in [2.75, 3.05) is 20.1 Å². The van der Waals surface area contributed by atoms with Crippen LogP contribution in [0.2, 0.25) is 0 Å². The van der Waals surface area contributed by atoms with Crippen LogP contribution in [0, 0.1) is 12.7 Å². The maximum absolute atomic E-state index is 15.0. The van der Waals surface area contributed by atoms with Crippen LogP contribution in [-0.4, -0.2) is 49.7 Å². The lowest BCUT2D eigenvalue weighted by molar-refractivity contribution is 0.222. The number of aromatic amines is 1. The van der Waals surface area contributed by atoms with Gasteiger partial charge in [0.2, 0.25) is 0 Å². The molecule has 29 heavy (non-hydrogen) atoms. The number of fused-ring (bicyclic) bond motifs is 2. The standard InChI is InChI=1S/C22H24FN5O/c1-13-25-21-19(23)9-14(10-20(21)28(13)16-5-7-27(2)8-6-16)18-11-24-22-17(18)4-3-15(12-29)26-22/h3-4,9-11,16,29H,5-8,12H2,1-2H3,(H,24,26). The summed E-state index contributed by atoms with van der Waals surface area (Å²) in [5.74, 6) is 0.556. The van der Waals surface area contributed by atoms with Crippen molar-refractivity contribution < 1.29 is 9.50 Å². The summed E-state index contributed by atoms with van der Waals surface area (Å²) in [4.78, 5) is 14.4. The van der Waals surface area contributed by atoms with Crippen LogP contribution in [0.4, 0.5) is 4.39 Å². The molecule has 0 saturated carbocycles. The Bertz CT molecular complexity index is 1200. The monoisotopic (exact) mass is 393 g/mol. The van der Waals surface area contributed by atoms with Crippen molar-refractivity contribution in [1.82, 2.24) is 24.4 Å². The molecule has 0 atom stereocenters. The predicted molar refractivity (Wildman–Crippen MR) is 111 cm³/mol. The van der Waals surface area contributed by atoms with E-state index < -0.39 is 0 Å². The second-order valence-corrected chi connectivity index (χ2v) is 7.95. The van der Waals surface area contributed by atoms with Crippen LogP contribution >= 0.6 is 0 Å². The molecular formula is C22H24FN5O. The lowest BCUT2D eigenvalue weighted by Gasteiger charge is -2.30. The van der Waals surface area contributed by atoms with Gasteiger partial charge < -0.3 is 19.6 Å². The minimum atomic E-state index is -0.304. The molecule has 2 N–H and O–H groups in total. The molecule has 150 valence electrons. The molecule has 4 aromatic rings. The van der Waals surface area contributed by atoms with Gasteiger partial charge in [0.15, 0.2) is 5.82 Å². The summed E-state index contributed by atoms with van der Waals surface area (Å²) in [5, 5.41) is 10.2. The van der Waals surface area contributed by atoms with Gasteiger partial charge in [-0.2, -0.15) is 0 Å². The number of aromatic nitrogens is 4. The molecule has 6 nitrogen and oxygen atoms in total. The first kappa shape index (κ1) is 18.3. The van der Waals surface area contributed by atoms with Crippen molar-refractivity contribution in [1.29, 1.82) is 0 Å². The second kappa shape index (κ2) is 6.93. The number of aliphatic hydroxyl groups excluding tert-OH is 1. The number of benzene rings is 1. The Morgan fingerprint density at radius 2 is 2.00 bits per heavy atom. The van der Waals surface area contributed by atoms with Gasteiger partial charge in [-0.25, -0.2) is 14.4 Å². The summed E-state index contributed by atoms with van der Waals surface area (Å²) in [7, 11) is 2.14. The van der Waals surface area contributed by atoms with Gasteiger partial charge in [-0.15, -0.1) is 0 Å². The first-order chi connectivity index (χ1) is 14.0. The minimum Gasteiger partial charge on any atom is -0.390 e. The maximum atomic E-state index is 15.0. The SMILES string of the molecule is Cc1nc2c(F)cc(-c3c[nH]c4nc(CO)ccc34)cc2n1C1CCN(C)CC1. The summed E-state index contributed by atoms with van der Waals surface area (Å²) in [5.41, 5.74) is 4.27. The molecule has 1 saturated heterocycles. The Kier molecular flexibility index (Phi) is 4.37. The third-order valence-corrected chi connectivity index (χ3v) is 6.05. The van der Waals surface area contributed by atoms with E-state index in [0.29, 0.717) is 22.9 Å². The highest BCUT2D eigenvalue weighted by molar-refractivity contribution is 5.96. The van der Waals surface area contributed by atoms with E-state index in [2.05, 4.69) is 31.5 Å². The van der Waals surface area contributed by atoms with Crippen molar-refractivity contribution in [3.63, 3.8) is 0 Å². The van der Waals surface area contributed by atoms with Crippen LogP contribution in [-0.2, 0) is 6.61 Å². The van der Waals surface area contributed by atoms with Crippen LogP contribution < -0.4 is 0 Å². The average molecular weight is 393 g/mol. The smallest absolute Gasteiger partial charge is 0.151 e. The van der Waals surface area contributed by atoms with Crippen LogP contribution in [0.15, 0.2) is 30.5 Å². The van der Waals surface area contributed by atoms with Crippen molar-refractivity contribution in [3.8, 4) is 11.1 Å². The van der Waals surface area contributed by atoms with E-state index in [9.17, 15) is 5.11 Å². The number of nitrogens with one attached hydrogen (secondary N) is 1. The van der Waals surface area contributed by atoms with Crippen LogP contribution in [0.1, 0.15) is 30.4 Å². The summed E-state index contributed by atoms with van der Waals surface area (Å²) in [6.07, 6.45) is 3.92. The molecule has 0 aliphatic carbocycles. The molecule has 0 radical (unpaired) electrons. The van der Waals surface area contributed by atoms with Crippen LogP contribution in [0.3, 0.4) is 0 Å². The second-order valence-electron chi connectivity index (χ2n) is 7.95. The number of aliphatic hydroxyl groups is 1. The van der Waals surface area contributed by atoms with E-state index in [1.165, 1.54) is 0 Å². The molecular weight excluding hydrogens is 369 g/mol. The highest BCUT2D eigenvalue weighted by Crippen LogP contribution is 2.35. The fraction of sp³-hybridized carbons (Fsp3) is 0.364. The van der Waals surface area contributed by atoms with E-state index in [1.54, 1.807) is 12.1 Å². The molecule has 1 aromatic carbocycles. The highest BCUT2D eigenvalue weighted by Gasteiger charge is 2.24. The van der Waals surface area contributed by atoms with Crippen molar-refractivity contribution in [2.45, 2.75) is 32.4 Å². The number of rotatable bonds is 3. The van der Waals surface area contributed by atoms with Crippen molar-refractivity contribution in [2.24, 2.45) is 0 Å². The first-order valence-electron chi connectivity index (χ1n) is 10.00. The van der Waals surface area contributed by atoms with Crippen LogP contribution in [0.5, 0.6) is 0 Å². The molecule has 4 heterocycles. The summed E-state index contributed by atoms with van der Waals surface area (Å²) < 4.78 is 17.3. The Morgan fingerprint density at radius 1 is 1.21 bits per heavy atom. The molecule has 0 spiro atoms. The largest absolute Gasteiger partial charge is 0.390 e. The van der Waals surface area contributed by atoms with E-state index in [-0.39, 0.29) is 12.4 Å². The number of aryl methyl sites for hydroxylation is 1. The Labute approximate surface area is 168 Å². The molecule has 3 aromatic heterocycles. The zero-order valence-corrected chi connectivity index (χ0v) is 16.6. The number of imidazole rings is 1. The van der Waals surface area contributed by atoms with Gasteiger partial charge in [0.05, 0.1) is 17.8 Å². The number of halogens is 1. The molecule has 0 unspecified atom stereocenters. The number of H-pyrrole nitrogens is 1. The zero-order valence-electron chi connectivity index (χ0n) is 16.6. The summed E-state index contributed by atoms with van der Waals surface area (Å²) >= 11 is 0. The van der Waals surface area contributed by atoms with E-state index in [1.807, 2.05) is 25.3 Å². The van der Waals surface area contributed by atoms with E-state index >= 15 is 4.39 Å². The molecule has 7 heteroatoms. The fourth-order valence-corrected chi connectivity index (χ4v) is 4.51. The quantitative estimate of drug-likeness (QED) is 0.556. The predicted octanol–water partition coefficient (Wildman–Crippen LogP) is 3.79. The molecule has 1 aliphatic heterocycles. The van der Waals surface area contributed by atoms with Gasteiger partial charge in [0, 0.05) is 23.2 Å². The number of likely N-dealkylation sites (tertiary alicyclic amines) is 1. The Balaban J connectivity index is 1.65. The van der Waals surface area contributed by atoms with Crippen LogP contribution in [0.25, 0.3) is 33.2 Å². The number of hydrogen-bond donors (Lipinski definition) is 2. The number of nitrogens with zero attached hydrogens (tertiary/aromatic N) is 4. The Morgan fingerprint density at radius 3 is 2.76 bits per heavy atom. The molecule has 0 bridgehead atoms. The van der Waals surface area contributed by atoms with Gasteiger partial charge in [-0.1, -0.05) is 0 Å². The van der Waals surface area contributed by atoms with E-state index in [0.717, 1.165) is 53.8 Å². The lowest BCUT2D eigenvalue weighted by Crippen LogP contribution is -2.31.